The van der Waals surface area contributed by atoms with Gasteiger partial charge in [-0.1, -0.05) is 63.2 Å². The summed E-state index contributed by atoms with van der Waals surface area (Å²) in [6, 6.07) is 21.7. The van der Waals surface area contributed by atoms with Crippen LogP contribution in [0, 0.1) is 0 Å². The van der Waals surface area contributed by atoms with Gasteiger partial charge in [-0.05, 0) is 48.7 Å². The number of aryl methyl sites for hydroxylation is 1. The average Bonchev–Trinajstić information content (AvgIpc) is 3.58. The molecule has 0 aliphatic carbocycles. The lowest BCUT2D eigenvalue weighted by Gasteiger charge is -2.26. The number of hydrogen-bond acceptors (Lipinski definition) is 5. The second kappa shape index (κ2) is 11.8. The molecule has 0 aliphatic rings. The van der Waals surface area contributed by atoms with Crippen LogP contribution >= 0.6 is 0 Å². The molecule has 198 valence electrons. The second-order valence-corrected chi connectivity index (χ2v) is 9.53. The maximum atomic E-state index is 12.8. The lowest BCUT2D eigenvalue weighted by Crippen LogP contribution is -2.26. The molecule has 0 saturated carbocycles. The molecule has 0 spiro atoms. The topological polar surface area (TPSA) is 98.4 Å². The first-order valence-electron chi connectivity index (χ1n) is 12.9. The number of amides is 2. The first-order valence-corrected chi connectivity index (χ1v) is 12.9. The third kappa shape index (κ3) is 6.14. The zero-order valence-electron chi connectivity index (χ0n) is 22.3. The van der Waals surface area contributed by atoms with Crippen LogP contribution in [0.3, 0.4) is 0 Å². The summed E-state index contributed by atoms with van der Waals surface area (Å²) in [4.78, 5) is 25.3. The molecule has 0 radical (unpaired) electrons. The Bertz CT molecular complexity index is 1370. The number of aromatic nitrogens is 2. The van der Waals surface area contributed by atoms with Crippen molar-refractivity contribution >= 4 is 17.5 Å². The molecule has 4 aromatic rings. The Kier molecular flexibility index (Phi) is 8.31. The first-order chi connectivity index (χ1) is 18.3. The summed E-state index contributed by atoms with van der Waals surface area (Å²) in [6.07, 6.45) is 2.43. The number of rotatable bonds is 11. The van der Waals surface area contributed by atoms with Crippen LogP contribution in [0.25, 0.3) is 0 Å². The fourth-order valence-corrected chi connectivity index (χ4v) is 4.07. The van der Waals surface area contributed by atoms with E-state index in [2.05, 4.69) is 53.8 Å². The molecule has 4 rings (SSSR count). The Morgan fingerprint density at radius 1 is 0.947 bits per heavy atom. The largest absolute Gasteiger partial charge is 0.486 e. The van der Waals surface area contributed by atoms with E-state index in [0.717, 1.165) is 6.42 Å². The van der Waals surface area contributed by atoms with Gasteiger partial charge in [-0.2, -0.15) is 5.10 Å². The number of hydrogen-bond donors (Lipinski definition) is 2. The Labute approximate surface area is 223 Å². The second-order valence-electron chi connectivity index (χ2n) is 9.53. The highest BCUT2D eigenvalue weighted by Crippen LogP contribution is 2.32. The number of nitrogens with zero attached hydrogens (tertiary/aromatic N) is 2. The number of ether oxygens (including phenoxy) is 1. The highest BCUT2D eigenvalue weighted by molar-refractivity contribution is 6.07. The molecule has 2 heterocycles. The highest BCUT2D eigenvalue weighted by atomic mass is 16.5. The van der Waals surface area contributed by atoms with E-state index in [1.807, 2.05) is 44.2 Å². The van der Waals surface area contributed by atoms with Crippen molar-refractivity contribution in [3.8, 4) is 5.75 Å². The van der Waals surface area contributed by atoms with Gasteiger partial charge in [0.1, 0.15) is 18.1 Å². The lowest BCUT2D eigenvalue weighted by atomic mass is 9.78. The van der Waals surface area contributed by atoms with E-state index in [1.165, 1.54) is 11.1 Å². The molecule has 8 heteroatoms. The molecule has 2 aromatic heterocycles. The van der Waals surface area contributed by atoms with Gasteiger partial charge in [0.2, 0.25) is 0 Å². The van der Waals surface area contributed by atoms with E-state index in [-0.39, 0.29) is 29.4 Å². The van der Waals surface area contributed by atoms with Gasteiger partial charge in [-0.15, -0.1) is 0 Å². The maximum absolute atomic E-state index is 12.8. The summed E-state index contributed by atoms with van der Waals surface area (Å²) in [5.74, 6) is 0.529. The first kappa shape index (κ1) is 26.7. The van der Waals surface area contributed by atoms with Crippen LogP contribution in [0.1, 0.15) is 72.0 Å². The van der Waals surface area contributed by atoms with Gasteiger partial charge in [-0.25, -0.2) is 0 Å². The van der Waals surface area contributed by atoms with Crippen molar-refractivity contribution in [2.75, 3.05) is 11.9 Å². The van der Waals surface area contributed by atoms with Crippen LogP contribution in [0.5, 0.6) is 5.75 Å². The van der Waals surface area contributed by atoms with Crippen LogP contribution < -0.4 is 15.4 Å². The molecule has 2 aromatic carbocycles. The molecule has 0 bridgehead atoms. The van der Waals surface area contributed by atoms with Gasteiger partial charge in [-0.3, -0.25) is 14.3 Å². The number of carbonyl (C=O) groups is 2. The predicted molar refractivity (Wildman–Crippen MR) is 147 cm³/mol. The molecule has 0 aliphatic heterocycles. The van der Waals surface area contributed by atoms with Crippen LogP contribution in [0.15, 0.2) is 77.3 Å². The van der Waals surface area contributed by atoms with Crippen LogP contribution in [0.2, 0.25) is 0 Å². The molecule has 8 nitrogen and oxygen atoms in total. The molecule has 0 unspecified atom stereocenters. The average molecular weight is 515 g/mol. The zero-order chi connectivity index (χ0) is 27.1. The number of furan rings is 1. The van der Waals surface area contributed by atoms with E-state index in [1.54, 1.807) is 23.0 Å². The standard InChI is InChI=1S/C30H34N4O4/c1-5-18-31-29(36)27-25(19-34(6-2)33-27)32-28(35)26-17-16-24(38-26)20-37-23-14-12-22(13-15-23)30(3,4)21-10-8-7-9-11-21/h7-17,19H,5-6,18,20H2,1-4H3,(H,31,36)(H,32,35). The summed E-state index contributed by atoms with van der Waals surface area (Å²) in [5, 5.41) is 9.81. The monoisotopic (exact) mass is 514 g/mol. The van der Waals surface area contributed by atoms with Crippen molar-refractivity contribution in [2.24, 2.45) is 0 Å². The summed E-state index contributed by atoms with van der Waals surface area (Å²) in [7, 11) is 0. The van der Waals surface area contributed by atoms with Gasteiger partial charge in [0, 0.05) is 24.7 Å². The SMILES string of the molecule is CCCNC(=O)c1nn(CC)cc1NC(=O)c1ccc(COc2ccc(C(C)(C)c3ccccc3)cc2)o1. The van der Waals surface area contributed by atoms with Crippen molar-refractivity contribution in [3.05, 3.63) is 101 Å². The van der Waals surface area contributed by atoms with E-state index >= 15 is 0 Å². The normalized spacial score (nSPS) is 11.3. The Balaban J connectivity index is 1.37. The van der Waals surface area contributed by atoms with Gasteiger partial charge in [0.15, 0.2) is 11.5 Å². The Morgan fingerprint density at radius 2 is 1.66 bits per heavy atom. The van der Waals surface area contributed by atoms with Crippen molar-refractivity contribution in [2.45, 2.75) is 52.7 Å². The molecule has 0 atom stereocenters. The summed E-state index contributed by atoms with van der Waals surface area (Å²) in [6.45, 7) is 9.53. The third-order valence-electron chi connectivity index (χ3n) is 6.42. The molecular weight excluding hydrogens is 480 g/mol. The van der Waals surface area contributed by atoms with Gasteiger partial charge >= 0.3 is 0 Å². The van der Waals surface area contributed by atoms with E-state index in [4.69, 9.17) is 9.15 Å². The van der Waals surface area contributed by atoms with Gasteiger partial charge in [0.25, 0.3) is 11.8 Å². The maximum Gasteiger partial charge on any atom is 0.291 e. The van der Waals surface area contributed by atoms with Crippen molar-refractivity contribution < 1.29 is 18.7 Å². The van der Waals surface area contributed by atoms with Crippen molar-refractivity contribution in [1.82, 2.24) is 15.1 Å². The minimum atomic E-state index is -0.469. The van der Waals surface area contributed by atoms with Crippen LogP contribution in [0.4, 0.5) is 5.69 Å². The smallest absolute Gasteiger partial charge is 0.291 e. The molecule has 0 fully saturated rings. The minimum absolute atomic E-state index is 0.118. The van der Waals surface area contributed by atoms with E-state index in [0.29, 0.717) is 30.3 Å². The molecule has 38 heavy (non-hydrogen) atoms. The Morgan fingerprint density at radius 3 is 2.34 bits per heavy atom. The molecule has 2 amide bonds. The molecular formula is C30H34N4O4. The van der Waals surface area contributed by atoms with Crippen molar-refractivity contribution in [3.63, 3.8) is 0 Å². The van der Waals surface area contributed by atoms with Gasteiger partial charge < -0.3 is 19.8 Å². The number of anilines is 1. The highest BCUT2D eigenvalue weighted by Gasteiger charge is 2.23. The van der Waals surface area contributed by atoms with Crippen LogP contribution in [-0.4, -0.2) is 28.1 Å². The van der Waals surface area contributed by atoms with E-state index < -0.39 is 5.91 Å². The fraction of sp³-hybridized carbons (Fsp3) is 0.300. The summed E-state index contributed by atoms with van der Waals surface area (Å²) < 4.78 is 13.2. The third-order valence-corrected chi connectivity index (χ3v) is 6.42. The summed E-state index contributed by atoms with van der Waals surface area (Å²) in [5.41, 5.74) is 2.79. The minimum Gasteiger partial charge on any atom is -0.486 e. The lowest BCUT2D eigenvalue weighted by molar-refractivity contribution is 0.0948. The number of benzene rings is 2. The summed E-state index contributed by atoms with van der Waals surface area (Å²) >= 11 is 0. The Hall–Kier alpha value is -4.33. The quantitative estimate of drug-likeness (QED) is 0.264. The molecule has 0 saturated heterocycles. The number of carbonyl (C=O) groups excluding carboxylic acids is 2. The predicted octanol–water partition coefficient (Wildman–Crippen LogP) is 5.79. The number of nitrogens with one attached hydrogen (secondary N) is 2. The van der Waals surface area contributed by atoms with Crippen molar-refractivity contribution in [1.29, 1.82) is 0 Å². The zero-order valence-corrected chi connectivity index (χ0v) is 22.3. The van der Waals surface area contributed by atoms with E-state index in [9.17, 15) is 9.59 Å². The van der Waals surface area contributed by atoms with Crippen LogP contribution in [-0.2, 0) is 18.6 Å². The molecule has 2 N–H and O–H groups in total. The fourth-order valence-electron chi connectivity index (χ4n) is 4.07. The van der Waals surface area contributed by atoms with Gasteiger partial charge in [0.05, 0.1) is 5.69 Å².